The van der Waals surface area contributed by atoms with E-state index in [2.05, 4.69) is 16.7 Å². The molecule has 0 bridgehead atoms. The summed E-state index contributed by atoms with van der Waals surface area (Å²) in [6.07, 6.45) is 5.39. The standard InChI is InChI=1S/C24H30FN5/c1-30(2)23-21-5-3-4-6-22(21)28-24(29-23)27-20-13-11-19(12-14-20)26-16-15-17-7-9-18(25)10-8-17/h3-10,19-20,26H,11-16H2,1-2H3,(H,27,28,29). The summed E-state index contributed by atoms with van der Waals surface area (Å²) >= 11 is 0. The van der Waals surface area contributed by atoms with Crippen molar-refractivity contribution < 1.29 is 4.39 Å². The molecule has 1 aliphatic carbocycles. The highest BCUT2D eigenvalue weighted by Crippen LogP contribution is 2.26. The van der Waals surface area contributed by atoms with Crippen molar-refractivity contribution in [2.24, 2.45) is 0 Å². The Balaban J connectivity index is 1.29. The van der Waals surface area contributed by atoms with Gasteiger partial charge in [-0.3, -0.25) is 0 Å². The fourth-order valence-corrected chi connectivity index (χ4v) is 4.16. The Kier molecular flexibility index (Phi) is 6.43. The lowest BCUT2D eigenvalue weighted by Crippen LogP contribution is -2.38. The third kappa shape index (κ3) is 5.05. The van der Waals surface area contributed by atoms with E-state index in [0.717, 1.165) is 55.4 Å². The topological polar surface area (TPSA) is 53.1 Å². The molecule has 30 heavy (non-hydrogen) atoms. The van der Waals surface area contributed by atoms with Crippen LogP contribution in [0.25, 0.3) is 10.9 Å². The smallest absolute Gasteiger partial charge is 0.225 e. The second kappa shape index (κ2) is 9.39. The molecular weight excluding hydrogens is 377 g/mol. The van der Waals surface area contributed by atoms with Gasteiger partial charge in [0, 0.05) is 31.6 Å². The van der Waals surface area contributed by atoms with Crippen molar-refractivity contribution in [2.45, 2.75) is 44.2 Å². The van der Waals surface area contributed by atoms with Crippen LogP contribution in [0.1, 0.15) is 31.2 Å². The maximum Gasteiger partial charge on any atom is 0.225 e. The van der Waals surface area contributed by atoms with Crippen LogP contribution < -0.4 is 15.5 Å². The van der Waals surface area contributed by atoms with Crippen LogP contribution >= 0.6 is 0 Å². The van der Waals surface area contributed by atoms with Gasteiger partial charge in [-0.2, -0.15) is 4.98 Å². The molecule has 0 spiro atoms. The van der Waals surface area contributed by atoms with Gasteiger partial charge < -0.3 is 15.5 Å². The molecule has 4 rings (SSSR count). The Morgan fingerprint density at radius 1 is 0.933 bits per heavy atom. The highest BCUT2D eigenvalue weighted by atomic mass is 19.1. The molecule has 0 atom stereocenters. The fourth-order valence-electron chi connectivity index (χ4n) is 4.16. The molecular formula is C24H30FN5. The second-order valence-electron chi connectivity index (χ2n) is 8.31. The number of rotatable bonds is 7. The van der Waals surface area contributed by atoms with E-state index in [1.165, 1.54) is 17.7 Å². The predicted molar refractivity (Wildman–Crippen MR) is 122 cm³/mol. The first-order chi connectivity index (χ1) is 14.6. The van der Waals surface area contributed by atoms with Gasteiger partial charge in [-0.1, -0.05) is 24.3 Å². The molecule has 6 heteroatoms. The zero-order valence-electron chi connectivity index (χ0n) is 17.7. The van der Waals surface area contributed by atoms with Gasteiger partial charge in [-0.15, -0.1) is 0 Å². The number of nitrogens with zero attached hydrogens (tertiary/aromatic N) is 3. The number of halogens is 1. The van der Waals surface area contributed by atoms with Gasteiger partial charge >= 0.3 is 0 Å². The number of hydrogen-bond acceptors (Lipinski definition) is 5. The summed E-state index contributed by atoms with van der Waals surface area (Å²) in [7, 11) is 4.03. The number of benzene rings is 2. The first-order valence-electron chi connectivity index (χ1n) is 10.8. The average molecular weight is 408 g/mol. The van der Waals surface area contributed by atoms with Gasteiger partial charge in [0.05, 0.1) is 5.52 Å². The summed E-state index contributed by atoms with van der Waals surface area (Å²) in [6.45, 7) is 0.925. The van der Waals surface area contributed by atoms with Gasteiger partial charge in [0.2, 0.25) is 5.95 Å². The van der Waals surface area contributed by atoms with Crippen LogP contribution in [0.15, 0.2) is 48.5 Å². The molecule has 0 saturated heterocycles. The van der Waals surface area contributed by atoms with Crippen molar-refractivity contribution in [3.63, 3.8) is 0 Å². The lowest BCUT2D eigenvalue weighted by molar-refractivity contribution is 0.355. The molecule has 1 fully saturated rings. The zero-order valence-corrected chi connectivity index (χ0v) is 17.7. The lowest BCUT2D eigenvalue weighted by Gasteiger charge is -2.30. The normalized spacial score (nSPS) is 19.0. The number of para-hydroxylation sites is 1. The maximum absolute atomic E-state index is 13.0. The largest absolute Gasteiger partial charge is 0.362 e. The van der Waals surface area contributed by atoms with E-state index in [0.29, 0.717) is 18.0 Å². The van der Waals surface area contributed by atoms with Gasteiger partial charge in [0.1, 0.15) is 11.6 Å². The molecule has 2 N–H and O–H groups in total. The monoisotopic (exact) mass is 407 g/mol. The molecule has 0 radical (unpaired) electrons. The van der Waals surface area contributed by atoms with Crippen LogP contribution in [0.4, 0.5) is 16.2 Å². The van der Waals surface area contributed by atoms with Crippen LogP contribution in [0.5, 0.6) is 0 Å². The first kappa shape index (κ1) is 20.5. The number of aromatic nitrogens is 2. The molecule has 0 aliphatic heterocycles. The van der Waals surface area contributed by atoms with Gasteiger partial charge in [0.25, 0.3) is 0 Å². The second-order valence-corrected chi connectivity index (χ2v) is 8.31. The van der Waals surface area contributed by atoms with E-state index in [1.807, 2.05) is 49.3 Å². The van der Waals surface area contributed by atoms with E-state index in [4.69, 9.17) is 9.97 Å². The highest BCUT2D eigenvalue weighted by molar-refractivity contribution is 5.90. The van der Waals surface area contributed by atoms with Crippen molar-refractivity contribution in [3.8, 4) is 0 Å². The number of nitrogens with one attached hydrogen (secondary N) is 2. The molecule has 3 aromatic rings. The highest BCUT2D eigenvalue weighted by Gasteiger charge is 2.22. The average Bonchev–Trinajstić information content (AvgIpc) is 2.76. The Labute approximate surface area is 177 Å². The molecule has 0 amide bonds. The van der Waals surface area contributed by atoms with E-state index < -0.39 is 0 Å². The van der Waals surface area contributed by atoms with Crippen LogP contribution in [0.2, 0.25) is 0 Å². The minimum atomic E-state index is -0.175. The Bertz CT molecular complexity index is 965. The summed E-state index contributed by atoms with van der Waals surface area (Å²) in [6, 6.07) is 15.9. The van der Waals surface area contributed by atoms with Crippen molar-refractivity contribution in [1.82, 2.24) is 15.3 Å². The van der Waals surface area contributed by atoms with Crippen LogP contribution in [-0.2, 0) is 6.42 Å². The van der Waals surface area contributed by atoms with E-state index in [1.54, 1.807) is 0 Å². The number of fused-ring (bicyclic) bond motifs is 1. The van der Waals surface area contributed by atoms with Gasteiger partial charge in [-0.05, 0) is 68.5 Å². The van der Waals surface area contributed by atoms with Crippen LogP contribution in [0, 0.1) is 5.82 Å². The molecule has 1 aromatic heterocycles. The van der Waals surface area contributed by atoms with E-state index >= 15 is 0 Å². The summed E-state index contributed by atoms with van der Waals surface area (Å²) in [5, 5.41) is 8.29. The third-order valence-corrected chi connectivity index (χ3v) is 5.83. The molecule has 0 unspecified atom stereocenters. The summed E-state index contributed by atoms with van der Waals surface area (Å²) in [5.74, 6) is 1.48. The molecule has 2 aromatic carbocycles. The lowest BCUT2D eigenvalue weighted by atomic mass is 9.91. The maximum atomic E-state index is 13.0. The van der Waals surface area contributed by atoms with Crippen molar-refractivity contribution in [1.29, 1.82) is 0 Å². The zero-order chi connectivity index (χ0) is 20.9. The summed E-state index contributed by atoms with van der Waals surface area (Å²) in [4.78, 5) is 11.5. The summed E-state index contributed by atoms with van der Waals surface area (Å²) in [5.41, 5.74) is 2.14. The van der Waals surface area contributed by atoms with Crippen LogP contribution in [-0.4, -0.2) is 42.7 Å². The van der Waals surface area contributed by atoms with E-state index in [-0.39, 0.29) is 5.82 Å². The molecule has 1 heterocycles. The number of hydrogen-bond donors (Lipinski definition) is 2. The van der Waals surface area contributed by atoms with Gasteiger partial charge in [0.15, 0.2) is 0 Å². The Morgan fingerprint density at radius 3 is 2.37 bits per heavy atom. The van der Waals surface area contributed by atoms with Crippen LogP contribution in [0.3, 0.4) is 0 Å². The Morgan fingerprint density at radius 2 is 1.63 bits per heavy atom. The van der Waals surface area contributed by atoms with Gasteiger partial charge in [-0.25, -0.2) is 9.37 Å². The molecule has 1 saturated carbocycles. The Hall–Kier alpha value is -2.73. The molecule has 5 nitrogen and oxygen atoms in total. The number of anilines is 2. The summed E-state index contributed by atoms with van der Waals surface area (Å²) < 4.78 is 13.0. The van der Waals surface area contributed by atoms with Crippen molar-refractivity contribution in [3.05, 3.63) is 59.9 Å². The van der Waals surface area contributed by atoms with Crippen molar-refractivity contribution >= 4 is 22.7 Å². The molecule has 1 aliphatic rings. The molecule has 158 valence electrons. The minimum absolute atomic E-state index is 0.175. The minimum Gasteiger partial charge on any atom is -0.362 e. The predicted octanol–water partition coefficient (Wildman–Crippen LogP) is 4.39. The third-order valence-electron chi connectivity index (χ3n) is 5.83. The SMILES string of the molecule is CN(C)c1nc(NC2CCC(NCCc3ccc(F)cc3)CC2)nc2ccccc12. The first-order valence-corrected chi connectivity index (χ1v) is 10.8. The fraction of sp³-hybridized carbons (Fsp3) is 0.417. The van der Waals surface area contributed by atoms with E-state index in [9.17, 15) is 4.39 Å². The van der Waals surface area contributed by atoms with Crippen molar-refractivity contribution in [2.75, 3.05) is 30.9 Å². The quantitative estimate of drug-likeness (QED) is 0.608.